The predicted octanol–water partition coefficient (Wildman–Crippen LogP) is 7.08. The Hall–Kier alpha value is -3.43. The molecule has 0 radical (unpaired) electrons. The van der Waals surface area contributed by atoms with Crippen molar-refractivity contribution < 1.29 is 23.9 Å². The number of thiophene rings is 1. The molecule has 1 atom stereocenters. The highest BCUT2D eigenvalue weighted by Crippen LogP contribution is 2.47. The first-order valence-electron chi connectivity index (χ1n) is 15.7. The molecule has 1 aromatic carbocycles. The molecule has 0 bridgehead atoms. The van der Waals surface area contributed by atoms with Crippen LogP contribution in [0.25, 0.3) is 21.0 Å². The number of hydrogen-bond acceptors (Lipinski definition) is 7. The monoisotopic (exact) mass is 617 g/mol. The van der Waals surface area contributed by atoms with Crippen molar-refractivity contribution >= 4 is 29.3 Å². The Morgan fingerprint density at radius 3 is 2.41 bits per heavy atom. The van der Waals surface area contributed by atoms with E-state index in [1.54, 1.807) is 6.20 Å². The Morgan fingerprint density at radius 1 is 1.02 bits per heavy atom. The second-order valence-corrected chi connectivity index (χ2v) is 15.2. The van der Waals surface area contributed by atoms with E-state index in [0.29, 0.717) is 30.4 Å². The van der Waals surface area contributed by atoms with E-state index in [2.05, 4.69) is 4.90 Å². The number of benzene rings is 1. The number of piperidine rings is 2. The van der Waals surface area contributed by atoms with E-state index in [1.165, 1.54) is 15.9 Å². The fourth-order valence-corrected chi connectivity index (χ4v) is 8.38. The molecule has 0 N–H and O–H groups in total. The maximum atomic E-state index is 14.2. The average Bonchev–Trinajstić information content (AvgIpc) is 3.68. The second kappa shape index (κ2) is 11.5. The average molecular weight is 618 g/mol. The Balaban J connectivity index is 1.22. The van der Waals surface area contributed by atoms with Crippen LogP contribution in [0.1, 0.15) is 77.1 Å². The van der Waals surface area contributed by atoms with Gasteiger partial charge in [-0.25, -0.2) is 4.79 Å². The van der Waals surface area contributed by atoms with Crippen LogP contribution in [0.4, 0.5) is 4.79 Å². The van der Waals surface area contributed by atoms with E-state index in [-0.39, 0.29) is 11.9 Å². The van der Waals surface area contributed by atoms with Gasteiger partial charge in [-0.3, -0.25) is 19.1 Å². The standard InChI is InChI=1S/C35H43N3O5S/c1-33(2,3)43-32(41)38-18-9-13-27(38)29-26(21-28(44-29)24-11-7-6-8-12-24)30(39)36-19-14-25(15-20-36)37-17-10-16-35(23-37)22-34(4,5)42-31(35)40/h6-9,11-13,18,21,25H,10,14-17,19-20,22-23H2,1-5H3. The molecule has 2 aromatic heterocycles. The van der Waals surface area contributed by atoms with Crippen LogP contribution in [-0.2, 0) is 14.3 Å². The first-order valence-corrected chi connectivity index (χ1v) is 16.5. The van der Waals surface area contributed by atoms with Crippen molar-refractivity contribution in [2.75, 3.05) is 26.2 Å². The highest BCUT2D eigenvalue weighted by atomic mass is 32.1. The smallest absolute Gasteiger partial charge is 0.419 e. The van der Waals surface area contributed by atoms with E-state index < -0.39 is 22.7 Å². The summed E-state index contributed by atoms with van der Waals surface area (Å²) in [6, 6.07) is 16.0. The molecule has 234 valence electrons. The lowest BCUT2D eigenvalue weighted by molar-refractivity contribution is -0.154. The first-order chi connectivity index (χ1) is 20.8. The molecular weight excluding hydrogens is 574 g/mol. The largest absolute Gasteiger partial charge is 0.459 e. The number of cyclic esters (lactones) is 1. The number of carbonyl (C=O) groups excluding carboxylic acids is 3. The normalized spacial score (nSPS) is 22.8. The van der Waals surface area contributed by atoms with Gasteiger partial charge in [-0.1, -0.05) is 30.3 Å². The summed E-state index contributed by atoms with van der Waals surface area (Å²) in [5.74, 6) is -0.0693. The summed E-state index contributed by atoms with van der Waals surface area (Å²) in [6.07, 6.45) is 5.58. The van der Waals surface area contributed by atoms with Crippen LogP contribution in [0.3, 0.4) is 0 Å². The van der Waals surface area contributed by atoms with Gasteiger partial charge in [0.2, 0.25) is 0 Å². The Morgan fingerprint density at radius 2 is 1.75 bits per heavy atom. The Kier molecular flexibility index (Phi) is 7.99. The van der Waals surface area contributed by atoms with E-state index in [9.17, 15) is 14.4 Å². The number of esters is 1. The van der Waals surface area contributed by atoms with Crippen LogP contribution in [0.5, 0.6) is 0 Å². The zero-order valence-electron chi connectivity index (χ0n) is 26.4. The minimum absolute atomic E-state index is 0.0231. The van der Waals surface area contributed by atoms with E-state index in [1.807, 2.05) is 88.0 Å². The number of likely N-dealkylation sites (tertiary alicyclic amines) is 2. The zero-order valence-corrected chi connectivity index (χ0v) is 27.2. The molecule has 44 heavy (non-hydrogen) atoms. The quantitative estimate of drug-likeness (QED) is 0.291. The minimum atomic E-state index is -0.644. The summed E-state index contributed by atoms with van der Waals surface area (Å²) in [5.41, 5.74) is 0.819. The van der Waals surface area contributed by atoms with Crippen LogP contribution in [0.15, 0.2) is 54.7 Å². The van der Waals surface area contributed by atoms with Crippen LogP contribution in [-0.4, -0.2) is 75.8 Å². The van der Waals surface area contributed by atoms with Crippen molar-refractivity contribution in [3.05, 3.63) is 60.3 Å². The Labute approximate surface area is 263 Å². The molecule has 1 amide bonds. The number of carbonyl (C=O) groups is 3. The third-order valence-corrected chi connectivity index (χ3v) is 10.2. The van der Waals surface area contributed by atoms with Gasteiger partial charge in [-0.05, 0) is 90.6 Å². The molecule has 3 aliphatic rings. The van der Waals surface area contributed by atoms with Crippen molar-refractivity contribution in [3.8, 4) is 21.0 Å². The number of nitrogens with zero attached hydrogens (tertiary/aromatic N) is 3. The molecule has 1 spiro atoms. The minimum Gasteiger partial charge on any atom is -0.459 e. The van der Waals surface area contributed by atoms with Crippen molar-refractivity contribution in [2.24, 2.45) is 5.41 Å². The van der Waals surface area contributed by atoms with Crippen molar-refractivity contribution in [2.45, 2.75) is 84.0 Å². The molecule has 1 unspecified atom stereocenters. The molecular formula is C35H43N3O5S. The second-order valence-electron chi connectivity index (χ2n) is 14.2. The number of hydrogen-bond donors (Lipinski definition) is 0. The molecule has 0 aliphatic carbocycles. The lowest BCUT2D eigenvalue weighted by Gasteiger charge is -2.44. The van der Waals surface area contributed by atoms with E-state index in [0.717, 1.165) is 60.5 Å². The summed E-state index contributed by atoms with van der Waals surface area (Å²) in [7, 11) is 0. The molecule has 9 heteroatoms. The molecule has 6 rings (SSSR count). The van der Waals surface area contributed by atoms with Crippen LogP contribution >= 0.6 is 11.3 Å². The van der Waals surface area contributed by atoms with Gasteiger partial charge in [0.05, 0.1) is 21.5 Å². The molecule has 3 saturated heterocycles. The lowest BCUT2D eigenvalue weighted by atomic mass is 9.74. The third kappa shape index (κ3) is 6.09. The molecule has 3 fully saturated rings. The van der Waals surface area contributed by atoms with Gasteiger partial charge in [0.25, 0.3) is 5.91 Å². The summed E-state index contributed by atoms with van der Waals surface area (Å²) < 4.78 is 12.9. The maximum absolute atomic E-state index is 14.2. The topological polar surface area (TPSA) is 81.1 Å². The fourth-order valence-electron chi connectivity index (χ4n) is 7.20. The fraction of sp³-hybridized carbons (Fsp3) is 0.514. The summed E-state index contributed by atoms with van der Waals surface area (Å²) in [5, 5.41) is 0. The number of rotatable bonds is 4. The Bertz CT molecular complexity index is 1540. The van der Waals surface area contributed by atoms with Gasteiger partial charge in [0.1, 0.15) is 11.2 Å². The predicted molar refractivity (Wildman–Crippen MR) is 172 cm³/mol. The summed E-state index contributed by atoms with van der Waals surface area (Å²) in [4.78, 5) is 46.4. The molecule has 3 aromatic rings. The number of amides is 1. The van der Waals surface area contributed by atoms with Gasteiger partial charge >= 0.3 is 12.1 Å². The number of ether oxygens (including phenoxy) is 2. The van der Waals surface area contributed by atoms with Gasteiger partial charge in [0, 0.05) is 43.2 Å². The van der Waals surface area contributed by atoms with Gasteiger partial charge in [0.15, 0.2) is 0 Å². The number of aromatic nitrogens is 1. The highest BCUT2D eigenvalue weighted by molar-refractivity contribution is 7.19. The van der Waals surface area contributed by atoms with Crippen LogP contribution < -0.4 is 0 Å². The first kappa shape index (κ1) is 30.6. The highest BCUT2D eigenvalue weighted by Gasteiger charge is 2.54. The van der Waals surface area contributed by atoms with E-state index >= 15 is 0 Å². The van der Waals surface area contributed by atoms with Crippen molar-refractivity contribution in [1.29, 1.82) is 0 Å². The van der Waals surface area contributed by atoms with E-state index in [4.69, 9.17) is 9.47 Å². The zero-order chi connectivity index (χ0) is 31.3. The summed E-state index contributed by atoms with van der Waals surface area (Å²) in [6.45, 7) is 12.6. The van der Waals surface area contributed by atoms with Gasteiger partial charge < -0.3 is 14.4 Å². The van der Waals surface area contributed by atoms with Crippen LogP contribution in [0, 0.1) is 5.41 Å². The molecule has 3 aliphatic heterocycles. The summed E-state index contributed by atoms with van der Waals surface area (Å²) >= 11 is 1.52. The third-order valence-electron chi connectivity index (χ3n) is 9.03. The SMILES string of the molecule is CC(C)(C)OC(=O)n1cccc1-c1sc(-c2ccccc2)cc1C(=O)N1CCC(N2CCCC3(C2)CC(C)(C)OC3=O)CC1. The van der Waals surface area contributed by atoms with Crippen molar-refractivity contribution in [3.63, 3.8) is 0 Å². The molecule has 5 heterocycles. The molecule has 8 nitrogen and oxygen atoms in total. The van der Waals surface area contributed by atoms with Crippen LogP contribution in [0.2, 0.25) is 0 Å². The maximum Gasteiger partial charge on any atom is 0.419 e. The van der Waals surface area contributed by atoms with Gasteiger partial charge in [-0.2, -0.15) is 0 Å². The van der Waals surface area contributed by atoms with Gasteiger partial charge in [-0.15, -0.1) is 11.3 Å². The lowest BCUT2D eigenvalue weighted by Crippen LogP contribution is -2.53. The van der Waals surface area contributed by atoms with Crippen molar-refractivity contribution in [1.82, 2.24) is 14.4 Å². The molecule has 0 saturated carbocycles.